The van der Waals surface area contributed by atoms with E-state index in [4.69, 9.17) is 10.5 Å². The fourth-order valence-electron chi connectivity index (χ4n) is 2.86. The van der Waals surface area contributed by atoms with Gasteiger partial charge >= 0.3 is 0 Å². The molecule has 1 fully saturated rings. The Morgan fingerprint density at radius 1 is 1.47 bits per heavy atom. The Morgan fingerprint density at radius 3 is 2.74 bits per heavy atom. The summed E-state index contributed by atoms with van der Waals surface area (Å²) in [5.74, 6) is -0.209. The van der Waals surface area contributed by atoms with Crippen LogP contribution in [-0.4, -0.2) is 24.8 Å². The lowest BCUT2D eigenvalue weighted by Gasteiger charge is -2.43. The Hall–Kier alpha value is -1.13. The Labute approximate surface area is 114 Å². The number of hydrogen-bond donors (Lipinski definition) is 1. The molecule has 1 saturated heterocycles. The minimum Gasteiger partial charge on any atom is -0.369 e. The van der Waals surface area contributed by atoms with Crippen molar-refractivity contribution in [1.82, 2.24) is 0 Å². The largest absolute Gasteiger partial charge is 0.369 e. The average molecular weight is 266 g/mol. The maximum atomic E-state index is 14.2. The molecular weight excluding hydrogens is 243 g/mol. The highest BCUT2D eigenvalue weighted by Gasteiger charge is 2.33. The Balaban J connectivity index is 2.41. The lowest BCUT2D eigenvalue weighted by molar-refractivity contribution is -0.0751. The lowest BCUT2D eigenvalue weighted by atomic mass is 10.0. The van der Waals surface area contributed by atoms with Gasteiger partial charge in [-0.1, -0.05) is 12.1 Å². The van der Waals surface area contributed by atoms with Crippen molar-refractivity contribution in [3.8, 4) is 0 Å². The highest BCUT2D eigenvalue weighted by Crippen LogP contribution is 2.32. The second-order valence-corrected chi connectivity index (χ2v) is 6.04. The normalized spacial score (nSPS) is 24.3. The summed E-state index contributed by atoms with van der Waals surface area (Å²) >= 11 is 0. The molecule has 2 N–H and O–H groups in total. The third-order valence-corrected chi connectivity index (χ3v) is 3.39. The van der Waals surface area contributed by atoms with Gasteiger partial charge in [-0.05, 0) is 39.3 Å². The van der Waals surface area contributed by atoms with Gasteiger partial charge in [-0.3, -0.25) is 0 Å². The molecule has 106 valence electrons. The van der Waals surface area contributed by atoms with Crippen LogP contribution in [0.2, 0.25) is 0 Å². The topological polar surface area (TPSA) is 38.5 Å². The van der Waals surface area contributed by atoms with E-state index in [1.165, 1.54) is 6.07 Å². The predicted molar refractivity (Wildman–Crippen MR) is 75.8 cm³/mol. The van der Waals surface area contributed by atoms with Gasteiger partial charge in [0.2, 0.25) is 0 Å². The molecule has 1 aliphatic rings. The van der Waals surface area contributed by atoms with Crippen LogP contribution in [0.5, 0.6) is 0 Å². The number of halogens is 1. The van der Waals surface area contributed by atoms with Crippen molar-refractivity contribution in [2.75, 3.05) is 18.0 Å². The van der Waals surface area contributed by atoms with E-state index in [0.717, 1.165) is 5.56 Å². The molecule has 0 saturated carbocycles. The van der Waals surface area contributed by atoms with Gasteiger partial charge in [0, 0.05) is 19.1 Å². The third kappa shape index (κ3) is 3.07. The SMILES string of the molecule is CC1CN(c2c(F)cccc2[C@@H](C)N)CC(C)(C)O1. The van der Waals surface area contributed by atoms with Crippen LogP contribution in [0.4, 0.5) is 10.1 Å². The summed E-state index contributed by atoms with van der Waals surface area (Å²) in [6, 6.07) is 4.92. The molecule has 0 aliphatic carbocycles. The van der Waals surface area contributed by atoms with Crippen molar-refractivity contribution >= 4 is 5.69 Å². The van der Waals surface area contributed by atoms with Gasteiger partial charge in [0.1, 0.15) is 5.82 Å². The summed E-state index contributed by atoms with van der Waals surface area (Å²) in [4.78, 5) is 2.06. The van der Waals surface area contributed by atoms with Gasteiger partial charge < -0.3 is 15.4 Å². The van der Waals surface area contributed by atoms with Crippen LogP contribution in [0.25, 0.3) is 0 Å². The van der Waals surface area contributed by atoms with E-state index < -0.39 is 0 Å². The van der Waals surface area contributed by atoms with E-state index in [-0.39, 0.29) is 23.6 Å². The predicted octanol–water partition coefficient (Wildman–Crippen LogP) is 2.85. The first kappa shape index (κ1) is 14.3. The Kier molecular flexibility index (Phi) is 3.83. The average Bonchev–Trinajstić information content (AvgIpc) is 2.25. The molecule has 0 spiro atoms. The summed E-state index contributed by atoms with van der Waals surface area (Å²) in [7, 11) is 0. The molecule has 19 heavy (non-hydrogen) atoms. The Morgan fingerprint density at radius 2 is 2.16 bits per heavy atom. The van der Waals surface area contributed by atoms with Gasteiger partial charge in [-0.2, -0.15) is 0 Å². The van der Waals surface area contributed by atoms with E-state index in [2.05, 4.69) is 4.90 Å². The van der Waals surface area contributed by atoms with Gasteiger partial charge in [-0.15, -0.1) is 0 Å². The molecule has 1 aromatic carbocycles. The van der Waals surface area contributed by atoms with Crippen LogP contribution in [0, 0.1) is 5.82 Å². The number of anilines is 1. The van der Waals surface area contributed by atoms with Gasteiger partial charge in [0.15, 0.2) is 0 Å². The van der Waals surface area contributed by atoms with Crippen LogP contribution in [0.3, 0.4) is 0 Å². The summed E-state index contributed by atoms with van der Waals surface area (Å²) in [5, 5.41) is 0. The molecule has 1 aromatic rings. The first-order valence-corrected chi connectivity index (χ1v) is 6.77. The number of hydrogen-bond acceptors (Lipinski definition) is 3. The summed E-state index contributed by atoms with van der Waals surface area (Å²) < 4.78 is 20.1. The van der Waals surface area contributed by atoms with Crippen molar-refractivity contribution in [1.29, 1.82) is 0 Å². The molecule has 1 heterocycles. The monoisotopic (exact) mass is 266 g/mol. The molecule has 2 atom stereocenters. The first-order valence-electron chi connectivity index (χ1n) is 6.77. The Bertz CT molecular complexity index is 459. The molecule has 0 aromatic heterocycles. The van der Waals surface area contributed by atoms with Crippen LogP contribution in [0.1, 0.15) is 39.3 Å². The number of nitrogens with zero attached hydrogens (tertiary/aromatic N) is 1. The number of nitrogens with two attached hydrogens (primary N) is 1. The summed E-state index contributed by atoms with van der Waals surface area (Å²) in [6.07, 6.45) is 0.0734. The van der Waals surface area contributed by atoms with Crippen LogP contribution in [-0.2, 0) is 4.74 Å². The molecule has 0 amide bonds. The number of ether oxygens (including phenoxy) is 1. The molecule has 0 bridgehead atoms. The third-order valence-electron chi connectivity index (χ3n) is 3.39. The molecule has 1 unspecified atom stereocenters. The van der Waals surface area contributed by atoms with Crippen LogP contribution < -0.4 is 10.6 Å². The van der Waals surface area contributed by atoms with Crippen molar-refractivity contribution in [2.24, 2.45) is 5.73 Å². The molecule has 4 heteroatoms. The smallest absolute Gasteiger partial charge is 0.146 e. The maximum Gasteiger partial charge on any atom is 0.146 e. The number of benzene rings is 1. The number of rotatable bonds is 2. The second-order valence-electron chi connectivity index (χ2n) is 6.04. The fraction of sp³-hybridized carbons (Fsp3) is 0.600. The van der Waals surface area contributed by atoms with E-state index in [1.54, 1.807) is 6.07 Å². The number of morpholine rings is 1. The van der Waals surface area contributed by atoms with Crippen molar-refractivity contribution in [3.05, 3.63) is 29.6 Å². The standard InChI is InChI=1S/C15H23FN2O/c1-10-8-18(9-15(3,4)19-10)14-12(11(2)17)6-5-7-13(14)16/h5-7,10-11H,8-9,17H2,1-4H3/t10?,11-/m1/s1. The van der Waals surface area contributed by atoms with Crippen molar-refractivity contribution in [2.45, 2.75) is 45.4 Å². The van der Waals surface area contributed by atoms with Crippen molar-refractivity contribution < 1.29 is 9.13 Å². The summed E-state index contributed by atoms with van der Waals surface area (Å²) in [5.41, 5.74) is 7.16. The van der Waals surface area contributed by atoms with Gasteiger partial charge in [0.05, 0.1) is 17.4 Å². The van der Waals surface area contributed by atoms with E-state index in [9.17, 15) is 4.39 Å². The molecule has 1 aliphatic heterocycles. The zero-order valence-corrected chi connectivity index (χ0v) is 12.1. The minimum atomic E-state index is -0.283. The lowest BCUT2D eigenvalue weighted by Crippen LogP contribution is -2.52. The maximum absolute atomic E-state index is 14.2. The van der Waals surface area contributed by atoms with E-state index in [1.807, 2.05) is 33.8 Å². The zero-order chi connectivity index (χ0) is 14.2. The molecule has 3 nitrogen and oxygen atoms in total. The molecule has 2 rings (SSSR count). The van der Waals surface area contributed by atoms with Gasteiger partial charge in [0.25, 0.3) is 0 Å². The zero-order valence-electron chi connectivity index (χ0n) is 12.1. The van der Waals surface area contributed by atoms with E-state index in [0.29, 0.717) is 18.8 Å². The van der Waals surface area contributed by atoms with Crippen molar-refractivity contribution in [3.63, 3.8) is 0 Å². The minimum absolute atomic E-state index is 0.0734. The second kappa shape index (κ2) is 5.10. The molecule has 0 radical (unpaired) electrons. The van der Waals surface area contributed by atoms with Crippen LogP contribution >= 0.6 is 0 Å². The highest BCUT2D eigenvalue weighted by atomic mass is 19.1. The summed E-state index contributed by atoms with van der Waals surface area (Å²) in [6.45, 7) is 9.31. The highest BCUT2D eigenvalue weighted by molar-refractivity contribution is 5.56. The number of para-hydroxylation sites is 1. The van der Waals surface area contributed by atoms with Gasteiger partial charge in [-0.25, -0.2) is 4.39 Å². The van der Waals surface area contributed by atoms with E-state index >= 15 is 0 Å². The molecular formula is C15H23FN2O. The quantitative estimate of drug-likeness (QED) is 0.894. The first-order chi connectivity index (χ1) is 8.80. The van der Waals surface area contributed by atoms with Crippen LogP contribution in [0.15, 0.2) is 18.2 Å². The fourth-order valence-corrected chi connectivity index (χ4v) is 2.86.